The van der Waals surface area contributed by atoms with Crippen LogP contribution in [0, 0.1) is 5.92 Å². The lowest BCUT2D eigenvalue weighted by atomic mass is 9.96. The van der Waals surface area contributed by atoms with Gasteiger partial charge in [-0.2, -0.15) is 8.42 Å². The molecular formula is C19H26N4O4S. The summed E-state index contributed by atoms with van der Waals surface area (Å²) in [5.41, 5.74) is 0.580. The van der Waals surface area contributed by atoms with E-state index >= 15 is 0 Å². The molecule has 3 rings (SSSR count). The fraction of sp³-hybridized carbons (Fsp3) is 0.526. The quantitative estimate of drug-likeness (QED) is 0.755. The highest BCUT2D eigenvalue weighted by atomic mass is 32.2. The topological polar surface area (TPSA) is 108 Å². The first-order valence-corrected chi connectivity index (χ1v) is 11.0. The number of likely N-dealkylation sites (tertiary alicyclic amines) is 1. The lowest BCUT2D eigenvalue weighted by Crippen LogP contribution is -2.50. The first-order chi connectivity index (χ1) is 13.3. The second-order valence-corrected chi connectivity index (χ2v) is 8.77. The third kappa shape index (κ3) is 4.19. The minimum atomic E-state index is -3.69. The summed E-state index contributed by atoms with van der Waals surface area (Å²) in [7, 11) is -3.69. The summed E-state index contributed by atoms with van der Waals surface area (Å²) in [4.78, 5) is 26.7. The molecule has 2 atom stereocenters. The molecule has 2 heterocycles. The van der Waals surface area contributed by atoms with Crippen molar-refractivity contribution in [3.05, 3.63) is 29.8 Å². The van der Waals surface area contributed by atoms with E-state index in [-0.39, 0.29) is 22.6 Å². The number of nitrogens with one attached hydrogen (secondary N) is 2. The van der Waals surface area contributed by atoms with Gasteiger partial charge in [0.2, 0.25) is 11.8 Å². The predicted octanol–water partition coefficient (Wildman–Crippen LogP) is 0.878. The Morgan fingerprint density at radius 3 is 2.82 bits per heavy atom. The zero-order valence-corrected chi connectivity index (χ0v) is 17.0. The molecule has 0 aromatic heterocycles. The van der Waals surface area contributed by atoms with Gasteiger partial charge in [0, 0.05) is 25.2 Å². The van der Waals surface area contributed by atoms with Crippen molar-refractivity contribution in [3.8, 4) is 0 Å². The highest BCUT2D eigenvalue weighted by Crippen LogP contribution is 2.29. The molecule has 0 aliphatic carbocycles. The van der Waals surface area contributed by atoms with Gasteiger partial charge in [-0.3, -0.25) is 9.59 Å². The first kappa shape index (κ1) is 20.3. The number of rotatable bonds is 5. The van der Waals surface area contributed by atoms with E-state index in [1.165, 1.54) is 0 Å². The molecule has 2 N–H and O–H groups in total. The summed E-state index contributed by atoms with van der Waals surface area (Å²) in [6.45, 7) is 5.21. The molecule has 1 aromatic rings. The Bertz CT molecular complexity index is 897. The number of piperidine rings is 1. The van der Waals surface area contributed by atoms with Gasteiger partial charge in [0.1, 0.15) is 10.9 Å². The van der Waals surface area contributed by atoms with E-state index in [4.69, 9.17) is 0 Å². The molecule has 9 heteroatoms. The number of nitrogens with zero attached hydrogens (tertiary/aromatic N) is 2. The molecule has 152 valence electrons. The molecule has 0 saturated carbocycles. The van der Waals surface area contributed by atoms with Gasteiger partial charge in [-0.15, -0.1) is 4.40 Å². The second kappa shape index (κ2) is 8.30. The molecule has 8 nitrogen and oxygen atoms in total. The van der Waals surface area contributed by atoms with E-state index in [1.807, 2.05) is 11.8 Å². The lowest BCUT2D eigenvalue weighted by molar-refractivity contribution is -0.131. The van der Waals surface area contributed by atoms with E-state index in [1.54, 1.807) is 31.2 Å². The van der Waals surface area contributed by atoms with Crippen LogP contribution < -0.4 is 10.6 Å². The number of sulfonamides is 1. The smallest absolute Gasteiger partial charge is 0.285 e. The van der Waals surface area contributed by atoms with Crippen LogP contribution in [0.25, 0.3) is 0 Å². The Morgan fingerprint density at radius 1 is 1.32 bits per heavy atom. The largest absolute Gasteiger partial charge is 0.355 e. The molecule has 0 unspecified atom stereocenters. The van der Waals surface area contributed by atoms with Crippen molar-refractivity contribution in [2.75, 3.05) is 19.6 Å². The predicted molar refractivity (Wildman–Crippen MR) is 105 cm³/mol. The van der Waals surface area contributed by atoms with Gasteiger partial charge < -0.3 is 15.5 Å². The van der Waals surface area contributed by atoms with Crippen molar-refractivity contribution in [1.29, 1.82) is 0 Å². The average molecular weight is 407 g/mol. The number of amidine groups is 1. The summed E-state index contributed by atoms with van der Waals surface area (Å²) in [6.07, 6.45) is 2.26. The van der Waals surface area contributed by atoms with Crippen LogP contribution in [0.5, 0.6) is 0 Å². The summed E-state index contributed by atoms with van der Waals surface area (Å²) in [5.74, 6) is -0.322. The van der Waals surface area contributed by atoms with E-state index < -0.39 is 16.1 Å². The maximum Gasteiger partial charge on any atom is 0.285 e. The van der Waals surface area contributed by atoms with Crippen LogP contribution in [-0.4, -0.2) is 56.6 Å². The van der Waals surface area contributed by atoms with Crippen molar-refractivity contribution in [2.24, 2.45) is 10.3 Å². The minimum absolute atomic E-state index is 0.196. The Hall–Kier alpha value is -2.42. The number of hydrogen-bond acceptors (Lipinski definition) is 5. The highest BCUT2D eigenvalue weighted by molar-refractivity contribution is 7.90. The summed E-state index contributed by atoms with van der Waals surface area (Å²) < 4.78 is 28.5. The Balaban J connectivity index is 1.68. The Labute approximate surface area is 165 Å². The number of carbonyl (C=O) groups excluding carboxylic acids is 2. The maximum absolute atomic E-state index is 12.6. The molecule has 2 amide bonds. The van der Waals surface area contributed by atoms with Crippen LogP contribution in [-0.2, 0) is 19.6 Å². The zero-order valence-electron chi connectivity index (χ0n) is 16.1. The molecule has 0 bridgehead atoms. The van der Waals surface area contributed by atoms with E-state index in [9.17, 15) is 18.0 Å². The zero-order chi connectivity index (χ0) is 20.3. The SMILES string of the molecule is CCCNC(=O)[C@@H](C)NC(=O)[C@@H]1CCCN(C2=NS(=O)(=O)c3ccccc32)C1. The van der Waals surface area contributed by atoms with Gasteiger partial charge in [-0.25, -0.2) is 0 Å². The number of benzene rings is 1. The average Bonchev–Trinajstić information content (AvgIpc) is 2.97. The summed E-state index contributed by atoms with van der Waals surface area (Å²) in [6, 6.07) is 6.13. The van der Waals surface area contributed by atoms with Gasteiger partial charge in [0.25, 0.3) is 10.0 Å². The van der Waals surface area contributed by atoms with Crippen molar-refractivity contribution >= 4 is 27.7 Å². The van der Waals surface area contributed by atoms with Gasteiger partial charge in [0.15, 0.2) is 5.84 Å². The standard InChI is InChI=1S/C19H26N4O4S/c1-3-10-20-18(24)13(2)21-19(25)14-7-6-11-23(12-14)17-15-8-4-5-9-16(15)28(26,27)22-17/h4-5,8-9,13-14H,3,6-7,10-12H2,1-2H3,(H,20,24)(H,21,25)/t13-,14-/m1/s1. The molecule has 0 spiro atoms. The van der Waals surface area contributed by atoms with Crippen LogP contribution >= 0.6 is 0 Å². The van der Waals surface area contributed by atoms with E-state index in [0.717, 1.165) is 12.8 Å². The van der Waals surface area contributed by atoms with E-state index in [2.05, 4.69) is 15.0 Å². The van der Waals surface area contributed by atoms with Crippen LogP contribution in [0.15, 0.2) is 33.6 Å². The Kier molecular flexibility index (Phi) is 6.02. The van der Waals surface area contributed by atoms with Crippen LogP contribution in [0.4, 0.5) is 0 Å². The maximum atomic E-state index is 12.6. The lowest BCUT2D eigenvalue weighted by Gasteiger charge is -2.33. The fourth-order valence-corrected chi connectivity index (χ4v) is 4.73. The van der Waals surface area contributed by atoms with Crippen molar-refractivity contribution in [1.82, 2.24) is 15.5 Å². The van der Waals surface area contributed by atoms with Gasteiger partial charge in [-0.1, -0.05) is 19.1 Å². The number of hydrogen-bond donors (Lipinski definition) is 2. The van der Waals surface area contributed by atoms with Crippen LogP contribution in [0.2, 0.25) is 0 Å². The summed E-state index contributed by atoms with van der Waals surface area (Å²) >= 11 is 0. The molecule has 0 radical (unpaired) electrons. The Morgan fingerprint density at radius 2 is 2.07 bits per heavy atom. The molecule has 1 saturated heterocycles. The molecule has 2 aliphatic heterocycles. The first-order valence-electron chi connectivity index (χ1n) is 9.61. The number of fused-ring (bicyclic) bond motifs is 1. The van der Waals surface area contributed by atoms with E-state index in [0.29, 0.717) is 37.5 Å². The van der Waals surface area contributed by atoms with Gasteiger partial charge in [0.05, 0.1) is 5.92 Å². The molecule has 28 heavy (non-hydrogen) atoms. The van der Waals surface area contributed by atoms with Crippen LogP contribution in [0.1, 0.15) is 38.7 Å². The third-order valence-electron chi connectivity index (χ3n) is 5.01. The summed E-state index contributed by atoms with van der Waals surface area (Å²) in [5, 5.41) is 5.53. The monoisotopic (exact) mass is 406 g/mol. The fourth-order valence-electron chi connectivity index (χ4n) is 3.50. The third-order valence-corrected chi connectivity index (χ3v) is 6.33. The molecular weight excluding hydrogens is 380 g/mol. The molecule has 1 aromatic carbocycles. The number of amides is 2. The molecule has 1 fully saturated rings. The van der Waals surface area contributed by atoms with Gasteiger partial charge >= 0.3 is 0 Å². The minimum Gasteiger partial charge on any atom is -0.355 e. The van der Waals surface area contributed by atoms with Gasteiger partial charge in [-0.05, 0) is 38.3 Å². The van der Waals surface area contributed by atoms with Crippen LogP contribution in [0.3, 0.4) is 0 Å². The molecule has 2 aliphatic rings. The van der Waals surface area contributed by atoms with Crippen molar-refractivity contribution in [2.45, 2.75) is 44.0 Å². The van der Waals surface area contributed by atoms with Crippen molar-refractivity contribution < 1.29 is 18.0 Å². The van der Waals surface area contributed by atoms with Crippen molar-refractivity contribution in [3.63, 3.8) is 0 Å². The second-order valence-electron chi connectivity index (χ2n) is 7.19. The number of carbonyl (C=O) groups is 2. The normalized spacial score (nSPS) is 21.4. The highest BCUT2D eigenvalue weighted by Gasteiger charge is 2.35.